The van der Waals surface area contributed by atoms with E-state index in [4.69, 9.17) is 4.74 Å². The van der Waals surface area contributed by atoms with Crippen LogP contribution in [0.25, 0.3) is 0 Å². The molecular weight excluding hydrogens is 266 g/mol. The molecule has 1 amide bonds. The second-order valence-electron chi connectivity index (χ2n) is 6.12. The van der Waals surface area contributed by atoms with E-state index in [9.17, 15) is 4.79 Å². The fraction of sp³-hybridized carbons (Fsp3) is 0.688. The van der Waals surface area contributed by atoms with E-state index in [1.807, 2.05) is 11.0 Å². The van der Waals surface area contributed by atoms with Crippen molar-refractivity contribution >= 4 is 5.91 Å². The normalized spacial score (nSPS) is 22.7. The summed E-state index contributed by atoms with van der Waals surface area (Å²) in [5.74, 6) is 1.61. The van der Waals surface area contributed by atoms with Gasteiger partial charge in [0.15, 0.2) is 0 Å². The molecule has 2 aliphatic rings. The molecule has 0 aromatic carbocycles. The monoisotopic (exact) mass is 289 g/mol. The maximum atomic E-state index is 12.2. The Bertz CT molecular complexity index is 460. The minimum Gasteiger partial charge on any atom is -0.471 e. The highest BCUT2D eigenvalue weighted by Gasteiger charge is 2.28. The van der Waals surface area contributed by atoms with Crippen LogP contribution in [-0.4, -0.2) is 40.2 Å². The predicted octanol–water partition coefficient (Wildman–Crippen LogP) is 2.43. The van der Waals surface area contributed by atoms with Gasteiger partial charge in [0.1, 0.15) is 6.10 Å². The summed E-state index contributed by atoms with van der Waals surface area (Å²) in [5, 5.41) is 7.72. The van der Waals surface area contributed by atoms with Gasteiger partial charge in [-0.3, -0.25) is 4.79 Å². The van der Waals surface area contributed by atoms with Crippen LogP contribution < -0.4 is 4.74 Å². The number of ether oxygens (including phenoxy) is 1. The molecular formula is C16H23N3O2. The van der Waals surface area contributed by atoms with Crippen LogP contribution in [0.3, 0.4) is 0 Å². The van der Waals surface area contributed by atoms with Crippen molar-refractivity contribution in [3.63, 3.8) is 0 Å². The van der Waals surface area contributed by atoms with E-state index < -0.39 is 0 Å². The fourth-order valence-electron chi connectivity index (χ4n) is 3.36. The predicted molar refractivity (Wildman–Crippen MR) is 78.8 cm³/mol. The number of hydrogen-bond donors (Lipinski definition) is 0. The van der Waals surface area contributed by atoms with Crippen LogP contribution in [0, 0.1) is 5.92 Å². The number of nitrogens with zero attached hydrogens (tertiary/aromatic N) is 3. The molecule has 1 unspecified atom stereocenters. The molecule has 0 spiro atoms. The molecule has 2 heterocycles. The smallest absolute Gasteiger partial charge is 0.233 e. The van der Waals surface area contributed by atoms with Crippen LogP contribution in [0.4, 0.5) is 0 Å². The van der Waals surface area contributed by atoms with Gasteiger partial charge in [-0.1, -0.05) is 25.7 Å². The van der Waals surface area contributed by atoms with Gasteiger partial charge in [-0.05, 0) is 18.4 Å². The summed E-state index contributed by atoms with van der Waals surface area (Å²) in [6.07, 6.45) is 9.63. The number of carbonyl (C=O) groups excluding carboxylic acids is 1. The van der Waals surface area contributed by atoms with E-state index in [-0.39, 0.29) is 12.0 Å². The van der Waals surface area contributed by atoms with Crippen molar-refractivity contribution in [1.82, 2.24) is 15.1 Å². The Kier molecular flexibility index (Phi) is 4.68. The van der Waals surface area contributed by atoms with E-state index in [2.05, 4.69) is 10.2 Å². The van der Waals surface area contributed by atoms with Gasteiger partial charge in [-0.15, -0.1) is 5.10 Å². The van der Waals surface area contributed by atoms with E-state index >= 15 is 0 Å². The first-order valence-electron chi connectivity index (χ1n) is 8.03. The van der Waals surface area contributed by atoms with Crippen LogP contribution >= 0.6 is 0 Å². The van der Waals surface area contributed by atoms with Crippen molar-refractivity contribution in [2.24, 2.45) is 5.92 Å². The number of hydrogen-bond acceptors (Lipinski definition) is 4. The Morgan fingerprint density at radius 2 is 2.19 bits per heavy atom. The largest absolute Gasteiger partial charge is 0.471 e. The lowest BCUT2D eigenvalue weighted by Crippen LogP contribution is -2.31. The van der Waals surface area contributed by atoms with Crippen molar-refractivity contribution < 1.29 is 9.53 Å². The lowest BCUT2D eigenvalue weighted by Gasteiger charge is -2.18. The molecule has 1 saturated carbocycles. The van der Waals surface area contributed by atoms with Gasteiger partial charge in [-0.2, -0.15) is 5.10 Å². The maximum absolute atomic E-state index is 12.2. The van der Waals surface area contributed by atoms with Crippen molar-refractivity contribution in [3.8, 4) is 5.88 Å². The topological polar surface area (TPSA) is 55.3 Å². The third-order valence-electron chi connectivity index (χ3n) is 4.57. The van der Waals surface area contributed by atoms with E-state index in [1.165, 1.54) is 25.7 Å². The molecule has 0 N–H and O–H groups in total. The molecule has 1 aromatic rings. The highest BCUT2D eigenvalue weighted by molar-refractivity contribution is 5.76. The molecule has 21 heavy (non-hydrogen) atoms. The summed E-state index contributed by atoms with van der Waals surface area (Å²) in [6, 6.07) is 3.61. The van der Waals surface area contributed by atoms with Crippen LogP contribution in [0.2, 0.25) is 0 Å². The standard InChI is InChI=1S/C16H23N3O2/c20-16(8-7-13-4-1-2-5-13)19-11-9-14(12-19)21-15-6-3-10-17-18-15/h3,6,10,13-14H,1-2,4-5,7-9,11-12H2. The van der Waals surface area contributed by atoms with E-state index in [0.717, 1.165) is 25.3 Å². The van der Waals surface area contributed by atoms with Crippen molar-refractivity contribution in [2.75, 3.05) is 13.1 Å². The third kappa shape index (κ3) is 3.93. The lowest BCUT2D eigenvalue weighted by molar-refractivity contribution is -0.130. The molecule has 0 radical (unpaired) electrons. The molecule has 3 rings (SSSR count). The molecule has 1 aliphatic heterocycles. The number of amides is 1. The van der Waals surface area contributed by atoms with Gasteiger partial charge >= 0.3 is 0 Å². The molecule has 1 atom stereocenters. The highest BCUT2D eigenvalue weighted by atomic mass is 16.5. The summed E-state index contributed by atoms with van der Waals surface area (Å²) in [7, 11) is 0. The van der Waals surface area contributed by atoms with Crippen LogP contribution in [0.15, 0.2) is 18.3 Å². The average molecular weight is 289 g/mol. The molecule has 0 bridgehead atoms. The highest BCUT2D eigenvalue weighted by Crippen LogP contribution is 2.29. The van der Waals surface area contributed by atoms with Gasteiger partial charge in [0.25, 0.3) is 0 Å². The minimum atomic E-state index is 0.0529. The van der Waals surface area contributed by atoms with E-state index in [1.54, 1.807) is 12.3 Å². The quantitative estimate of drug-likeness (QED) is 0.835. The SMILES string of the molecule is O=C(CCC1CCCC1)N1CCC(Oc2cccnn2)C1. The van der Waals surface area contributed by atoms with Gasteiger partial charge in [0, 0.05) is 31.6 Å². The zero-order valence-corrected chi connectivity index (χ0v) is 12.4. The summed E-state index contributed by atoms with van der Waals surface area (Å²) >= 11 is 0. The summed E-state index contributed by atoms with van der Waals surface area (Å²) < 4.78 is 5.77. The molecule has 1 aliphatic carbocycles. The van der Waals surface area contributed by atoms with Crippen LogP contribution in [-0.2, 0) is 4.79 Å². The molecule has 2 fully saturated rings. The Labute approximate surface area is 125 Å². The van der Waals surface area contributed by atoms with Crippen molar-refractivity contribution in [3.05, 3.63) is 18.3 Å². The number of rotatable bonds is 5. The summed E-state index contributed by atoms with van der Waals surface area (Å²) in [5.41, 5.74) is 0. The minimum absolute atomic E-state index is 0.0529. The van der Waals surface area contributed by atoms with Gasteiger partial charge in [0.05, 0.1) is 6.54 Å². The molecule has 1 saturated heterocycles. The molecule has 5 heteroatoms. The van der Waals surface area contributed by atoms with Gasteiger partial charge < -0.3 is 9.64 Å². The van der Waals surface area contributed by atoms with Crippen LogP contribution in [0.1, 0.15) is 44.9 Å². The number of carbonyl (C=O) groups is 1. The first-order valence-corrected chi connectivity index (χ1v) is 8.03. The number of aromatic nitrogens is 2. The van der Waals surface area contributed by atoms with Gasteiger partial charge in [-0.25, -0.2) is 0 Å². The average Bonchev–Trinajstić information content (AvgIpc) is 3.17. The molecule has 5 nitrogen and oxygen atoms in total. The van der Waals surface area contributed by atoms with Crippen molar-refractivity contribution in [2.45, 2.75) is 51.0 Å². The Balaban J connectivity index is 1.42. The Hall–Kier alpha value is -1.65. The summed E-state index contributed by atoms with van der Waals surface area (Å²) in [4.78, 5) is 14.2. The molecule has 1 aromatic heterocycles. The first-order chi connectivity index (χ1) is 10.3. The maximum Gasteiger partial charge on any atom is 0.233 e. The van der Waals surface area contributed by atoms with E-state index in [0.29, 0.717) is 18.8 Å². The second-order valence-corrected chi connectivity index (χ2v) is 6.12. The van der Waals surface area contributed by atoms with Crippen molar-refractivity contribution in [1.29, 1.82) is 0 Å². The third-order valence-corrected chi connectivity index (χ3v) is 4.57. The first kappa shape index (κ1) is 14.3. The Morgan fingerprint density at radius 3 is 2.95 bits per heavy atom. The zero-order chi connectivity index (χ0) is 14.5. The van der Waals surface area contributed by atoms with Gasteiger partial charge in [0.2, 0.25) is 11.8 Å². The molecule has 114 valence electrons. The number of likely N-dealkylation sites (tertiary alicyclic amines) is 1. The van der Waals surface area contributed by atoms with Crippen LogP contribution in [0.5, 0.6) is 5.88 Å². The summed E-state index contributed by atoms with van der Waals surface area (Å²) in [6.45, 7) is 1.48. The lowest BCUT2D eigenvalue weighted by atomic mass is 10.0. The Morgan fingerprint density at radius 1 is 1.33 bits per heavy atom. The fourth-order valence-corrected chi connectivity index (χ4v) is 3.36. The zero-order valence-electron chi connectivity index (χ0n) is 12.4. The second kappa shape index (κ2) is 6.87.